The van der Waals surface area contributed by atoms with Gasteiger partial charge in [0, 0.05) is 6.08 Å². The second-order valence-electron chi connectivity index (χ2n) is 5.75. The number of methoxy groups -OCH3 is 2. The summed E-state index contributed by atoms with van der Waals surface area (Å²) in [6.45, 7) is 0. The van der Waals surface area contributed by atoms with Crippen LogP contribution in [-0.2, 0) is 4.79 Å². The zero-order valence-electron chi connectivity index (χ0n) is 15.5. The molecule has 0 aliphatic heterocycles. The molecule has 3 N–H and O–H groups in total. The van der Waals surface area contributed by atoms with Crippen LogP contribution in [0.4, 0.5) is 0 Å². The molecular weight excluding hydrogens is 602 g/mol. The van der Waals surface area contributed by atoms with E-state index < -0.39 is 5.78 Å². The first-order chi connectivity index (χ1) is 13.7. The molecule has 0 aromatic heterocycles. The van der Waals surface area contributed by atoms with Gasteiger partial charge in [-0.1, -0.05) is 12.2 Å². The van der Waals surface area contributed by atoms with E-state index in [1.165, 1.54) is 26.4 Å². The molecule has 8 heteroatoms. The van der Waals surface area contributed by atoms with E-state index in [0.29, 0.717) is 29.8 Å². The zero-order valence-corrected chi connectivity index (χ0v) is 19.8. The van der Waals surface area contributed by atoms with Crippen LogP contribution in [0, 0.1) is 7.14 Å². The average Bonchev–Trinajstić information content (AvgIpc) is 2.69. The minimum atomic E-state index is -0.410. The van der Waals surface area contributed by atoms with Crippen molar-refractivity contribution in [2.75, 3.05) is 14.2 Å². The third kappa shape index (κ3) is 6.39. The van der Waals surface area contributed by atoms with Gasteiger partial charge in [-0.3, -0.25) is 4.79 Å². The van der Waals surface area contributed by atoms with E-state index >= 15 is 0 Å². The van der Waals surface area contributed by atoms with Crippen molar-refractivity contribution in [3.8, 4) is 23.0 Å². The Kier molecular flexibility index (Phi) is 8.38. The van der Waals surface area contributed by atoms with Crippen LogP contribution in [0.3, 0.4) is 0 Å². The number of aromatic hydroxyl groups is 2. The van der Waals surface area contributed by atoms with Gasteiger partial charge in [-0.05, 0) is 92.7 Å². The number of benzene rings is 2. The van der Waals surface area contributed by atoms with Crippen LogP contribution in [0.2, 0.25) is 0 Å². The molecule has 6 nitrogen and oxygen atoms in total. The fraction of sp³-hybridized carbons (Fsp3) is 0.0952. The topological polar surface area (TPSA) is 96.2 Å². The molecule has 0 amide bonds. The molecule has 0 unspecified atom stereocenters. The van der Waals surface area contributed by atoms with Gasteiger partial charge < -0.3 is 24.8 Å². The van der Waals surface area contributed by atoms with Crippen LogP contribution in [0.15, 0.2) is 48.3 Å². The number of ether oxygens (including phenoxy) is 2. The molecule has 0 fully saturated rings. The fourth-order valence-corrected chi connectivity index (χ4v) is 3.54. The van der Waals surface area contributed by atoms with E-state index in [9.17, 15) is 20.1 Å². The molecule has 0 aliphatic rings. The average molecular weight is 620 g/mol. The standard InChI is InChI=1S/C21H18I2O6/c1-28-18-9-12(7-16(22)20(18)26)3-5-14(24)11-15(25)6-4-13-8-17(23)21(27)19(10-13)29-2/h3-11,24,26-27H,1-2H3/b5-3+,6-4+,14-11-. The number of aliphatic hydroxyl groups is 1. The Bertz CT molecular complexity index is 1010. The Morgan fingerprint density at radius 3 is 1.76 bits per heavy atom. The summed E-state index contributed by atoms with van der Waals surface area (Å²) in [5.41, 5.74) is 1.37. The summed E-state index contributed by atoms with van der Waals surface area (Å²) in [5.74, 6) is 0.0829. The largest absolute Gasteiger partial charge is 0.508 e. The molecule has 0 spiro atoms. The molecule has 2 aromatic rings. The van der Waals surface area contributed by atoms with Gasteiger partial charge in [-0.2, -0.15) is 0 Å². The monoisotopic (exact) mass is 620 g/mol. The highest BCUT2D eigenvalue weighted by Gasteiger charge is 2.08. The highest BCUT2D eigenvalue weighted by molar-refractivity contribution is 14.1. The lowest BCUT2D eigenvalue weighted by Crippen LogP contribution is -1.90. The van der Waals surface area contributed by atoms with Gasteiger partial charge in [-0.25, -0.2) is 0 Å². The van der Waals surface area contributed by atoms with Gasteiger partial charge in [0.2, 0.25) is 0 Å². The van der Waals surface area contributed by atoms with E-state index in [4.69, 9.17) is 9.47 Å². The highest BCUT2D eigenvalue weighted by atomic mass is 127. The summed E-state index contributed by atoms with van der Waals surface area (Å²) in [6, 6.07) is 6.63. The van der Waals surface area contributed by atoms with Crippen molar-refractivity contribution in [1.82, 2.24) is 0 Å². The first-order valence-electron chi connectivity index (χ1n) is 8.19. The third-order valence-corrected chi connectivity index (χ3v) is 5.36. The highest BCUT2D eigenvalue weighted by Crippen LogP contribution is 2.33. The van der Waals surface area contributed by atoms with Crippen LogP contribution >= 0.6 is 45.2 Å². The number of rotatable bonds is 7. The maximum atomic E-state index is 12.0. The minimum absolute atomic E-state index is 0.0415. The molecule has 29 heavy (non-hydrogen) atoms. The van der Waals surface area contributed by atoms with Crippen molar-refractivity contribution < 1.29 is 29.6 Å². The molecule has 0 aliphatic carbocycles. The molecule has 2 aromatic carbocycles. The smallest absolute Gasteiger partial charge is 0.182 e. The predicted octanol–water partition coefficient (Wildman–Crippen LogP) is 5.06. The number of ketones is 1. The molecule has 0 atom stereocenters. The lowest BCUT2D eigenvalue weighted by molar-refractivity contribution is -0.110. The Morgan fingerprint density at radius 1 is 0.862 bits per heavy atom. The molecule has 152 valence electrons. The van der Waals surface area contributed by atoms with E-state index in [1.807, 2.05) is 45.2 Å². The zero-order chi connectivity index (χ0) is 21.6. The Labute approximate surface area is 195 Å². The maximum Gasteiger partial charge on any atom is 0.182 e. The number of phenols is 2. The lowest BCUT2D eigenvalue weighted by atomic mass is 10.1. The second kappa shape index (κ2) is 10.5. The van der Waals surface area contributed by atoms with Crippen LogP contribution in [0.5, 0.6) is 23.0 Å². The Hall–Kier alpha value is -2.21. The van der Waals surface area contributed by atoms with Gasteiger partial charge in [0.25, 0.3) is 0 Å². The van der Waals surface area contributed by atoms with Crippen molar-refractivity contribution in [2.24, 2.45) is 0 Å². The van der Waals surface area contributed by atoms with Crippen molar-refractivity contribution in [3.63, 3.8) is 0 Å². The Balaban J connectivity index is 2.13. The molecule has 0 bridgehead atoms. The normalized spacial score (nSPS) is 11.9. The molecule has 0 saturated heterocycles. The summed E-state index contributed by atoms with van der Waals surface area (Å²) in [4.78, 5) is 12.0. The van der Waals surface area contributed by atoms with Gasteiger partial charge >= 0.3 is 0 Å². The first kappa shape index (κ1) is 23.1. The minimum Gasteiger partial charge on any atom is -0.508 e. The second-order valence-corrected chi connectivity index (χ2v) is 8.07. The van der Waals surface area contributed by atoms with Crippen LogP contribution < -0.4 is 9.47 Å². The third-order valence-electron chi connectivity index (χ3n) is 3.72. The number of hydrogen-bond donors (Lipinski definition) is 3. The number of aliphatic hydroxyl groups excluding tert-OH is 1. The van der Waals surface area contributed by atoms with Crippen molar-refractivity contribution in [1.29, 1.82) is 0 Å². The first-order valence-corrected chi connectivity index (χ1v) is 10.3. The van der Waals surface area contributed by atoms with Crippen molar-refractivity contribution >= 4 is 63.1 Å². The van der Waals surface area contributed by atoms with Crippen LogP contribution in [0.1, 0.15) is 11.1 Å². The SMILES string of the molecule is COc1cc(/C=C/C(=O)/C=C(O)/C=C/c2cc(I)c(O)c(OC)c2)cc(I)c1O. The summed E-state index contributed by atoms with van der Waals surface area (Å²) in [6.07, 6.45) is 6.92. The lowest BCUT2D eigenvalue weighted by Gasteiger charge is -2.06. The molecule has 2 rings (SSSR count). The van der Waals surface area contributed by atoms with Crippen molar-refractivity contribution in [2.45, 2.75) is 0 Å². The van der Waals surface area contributed by atoms with Crippen molar-refractivity contribution in [3.05, 3.63) is 66.5 Å². The number of carbonyl (C=O) groups is 1. The summed E-state index contributed by atoms with van der Waals surface area (Å²) in [7, 11) is 2.90. The summed E-state index contributed by atoms with van der Waals surface area (Å²) >= 11 is 3.94. The maximum absolute atomic E-state index is 12.0. The summed E-state index contributed by atoms with van der Waals surface area (Å²) < 4.78 is 11.4. The summed E-state index contributed by atoms with van der Waals surface area (Å²) in [5, 5.41) is 29.7. The Morgan fingerprint density at radius 2 is 1.31 bits per heavy atom. The molecule has 0 heterocycles. The van der Waals surface area contributed by atoms with Gasteiger partial charge in [0.15, 0.2) is 28.8 Å². The van der Waals surface area contributed by atoms with Gasteiger partial charge in [-0.15, -0.1) is 0 Å². The number of hydrogen-bond acceptors (Lipinski definition) is 6. The number of carbonyl (C=O) groups excluding carboxylic acids is 1. The molecule has 0 radical (unpaired) electrons. The van der Waals surface area contributed by atoms with Gasteiger partial charge in [0.1, 0.15) is 5.76 Å². The van der Waals surface area contributed by atoms with E-state index in [1.54, 1.807) is 36.4 Å². The number of allylic oxidation sites excluding steroid dienone is 3. The van der Waals surface area contributed by atoms with Crippen LogP contribution in [-0.4, -0.2) is 35.3 Å². The number of phenolic OH excluding ortho intramolecular Hbond substituents is 2. The fourth-order valence-electron chi connectivity index (χ4n) is 2.29. The quantitative estimate of drug-likeness (QED) is 0.174. The molecular formula is C21H18I2O6. The number of halogens is 2. The van der Waals surface area contributed by atoms with E-state index in [-0.39, 0.29) is 17.3 Å². The van der Waals surface area contributed by atoms with Crippen LogP contribution in [0.25, 0.3) is 12.2 Å². The predicted molar refractivity (Wildman–Crippen MR) is 129 cm³/mol. The van der Waals surface area contributed by atoms with E-state index in [2.05, 4.69) is 0 Å². The van der Waals surface area contributed by atoms with Gasteiger partial charge in [0.05, 0.1) is 21.4 Å². The molecule has 0 saturated carbocycles. The van der Waals surface area contributed by atoms with E-state index in [0.717, 1.165) is 6.08 Å².